The number of nitrogens with zero attached hydrogens (tertiary/aromatic N) is 1. The van der Waals surface area contributed by atoms with E-state index in [2.05, 4.69) is 12.6 Å². The Hall–Kier alpha value is -0.560. The van der Waals surface area contributed by atoms with Crippen molar-refractivity contribution in [2.75, 3.05) is 18.6 Å². The number of hydrogen-bond donors (Lipinski definition) is 4. The summed E-state index contributed by atoms with van der Waals surface area (Å²) in [6, 6.07) is 0. The van der Waals surface area contributed by atoms with Crippen LogP contribution in [0, 0.1) is 5.92 Å². The van der Waals surface area contributed by atoms with Crippen molar-refractivity contribution in [3.05, 3.63) is 0 Å². The minimum atomic E-state index is -4.47. The minimum Gasteiger partial charge on any atom is -0.480 e. The normalized spacial score (nSPS) is 13.2. The lowest BCUT2D eigenvalue weighted by molar-refractivity contribution is -0.145. The zero-order valence-electron chi connectivity index (χ0n) is 8.61. The van der Waals surface area contributed by atoms with Gasteiger partial charge in [0.2, 0.25) is 5.91 Å². The summed E-state index contributed by atoms with van der Waals surface area (Å²) >= 11 is 3.86. The first-order valence-corrected chi connectivity index (χ1v) is 6.76. The summed E-state index contributed by atoms with van der Waals surface area (Å²) in [7, 11) is -4.47. The Balaban J connectivity index is 4.73. The molecule has 1 atom stereocenters. The Morgan fingerprint density at radius 2 is 1.94 bits per heavy atom. The van der Waals surface area contributed by atoms with Crippen molar-refractivity contribution in [1.29, 1.82) is 0 Å². The van der Waals surface area contributed by atoms with Crippen LogP contribution in [0.1, 0.15) is 6.92 Å². The number of carbonyl (C=O) groups is 2. The van der Waals surface area contributed by atoms with E-state index < -0.39 is 38.2 Å². The molecule has 0 bridgehead atoms. The van der Waals surface area contributed by atoms with E-state index in [1.54, 1.807) is 0 Å². The second-order valence-corrected chi connectivity index (χ2v) is 5.30. The van der Waals surface area contributed by atoms with E-state index in [4.69, 9.17) is 14.9 Å². The Bertz CT molecular complexity index is 316. The van der Waals surface area contributed by atoms with Gasteiger partial charge in [-0.05, 0) is 0 Å². The molecule has 1 amide bonds. The van der Waals surface area contributed by atoms with Gasteiger partial charge in [0.05, 0.1) is 0 Å². The smallest absolute Gasteiger partial charge is 0.344 e. The number of carboxylic acids is 1. The first kappa shape index (κ1) is 15.4. The predicted octanol–water partition coefficient (Wildman–Crippen LogP) is -0.399. The van der Waals surface area contributed by atoms with Crippen LogP contribution in [0.5, 0.6) is 0 Å². The molecule has 7 nitrogen and oxygen atoms in total. The molecule has 9 heteroatoms. The van der Waals surface area contributed by atoms with E-state index in [0.29, 0.717) is 4.90 Å². The molecule has 0 aliphatic rings. The Morgan fingerprint density at radius 3 is 2.25 bits per heavy atom. The summed E-state index contributed by atoms with van der Waals surface area (Å²) in [5, 5.41) is 8.52. The summed E-state index contributed by atoms with van der Waals surface area (Å²) in [6.07, 6.45) is -0.893. The van der Waals surface area contributed by atoms with Gasteiger partial charge in [-0.1, -0.05) is 6.92 Å². The Morgan fingerprint density at radius 1 is 1.44 bits per heavy atom. The molecule has 0 spiro atoms. The monoisotopic (exact) mass is 271 g/mol. The average Bonchev–Trinajstić information content (AvgIpc) is 2.11. The number of carbonyl (C=O) groups excluding carboxylic acids is 1. The average molecular weight is 271 g/mol. The minimum absolute atomic E-state index is 0.177. The van der Waals surface area contributed by atoms with Crippen LogP contribution in [0.25, 0.3) is 0 Å². The van der Waals surface area contributed by atoms with Crippen molar-refractivity contribution in [3.8, 4) is 0 Å². The van der Waals surface area contributed by atoms with E-state index in [1.165, 1.54) is 6.92 Å². The summed E-state index contributed by atoms with van der Waals surface area (Å²) in [6.45, 7) is 0.770. The molecular formula is C7H14NO6PS. The lowest BCUT2D eigenvalue weighted by atomic mass is 10.2. The van der Waals surface area contributed by atoms with Crippen LogP contribution in [-0.4, -0.2) is 50.3 Å². The van der Waals surface area contributed by atoms with E-state index in [0.717, 1.165) is 0 Å². The number of thiol groups is 1. The van der Waals surface area contributed by atoms with Crippen molar-refractivity contribution in [2.24, 2.45) is 5.92 Å². The van der Waals surface area contributed by atoms with Crippen LogP contribution >= 0.6 is 20.2 Å². The Labute approximate surface area is 98.0 Å². The maximum Gasteiger partial charge on any atom is 0.344 e. The van der Waals surface area contributed by atoms with Crippen LogP contribution in [0.3, 0.4) is 0 Å². The zero-order valence-corrected chi connectivity index (χ0v) is 10.4. The maximum absolute atomic E-state index is 11.6. The van der Waals surface area contributed by atoms with Crippen molar-refractivity contribution in [1.82, 2.24) is 4.90 Å². The van der Waals surface area contributed by atoms with Gasteiger partial charge in [0.1, 0.15) is 12.8 Å². The Kier molecular flexibility index (Phi) is 6.02. The fourth-order valence-electron chi connectivity index (χ4n) is 0.973. The third-order valence-electron chi connectivity index (χ3n) is 1.69. The second kappa shape index (κ2) is 6.24. The fourth-order valence-corrected chi connectivity index (χ4v) is 1.81. The molecule has 0 aliphatic carbocycles. The van der Waals surface area contributed by atoms with E-state index in [-0.39, 0.29) is 5.75 Å². The van der Waals surface area contributed by atoms with E-state index in [9.17, 15) is 14.2 Å². The van der Waals surface area contributed by atoms with Crippen LogP contribution in [0.2, 0.25) is 0 Å². The molecule has 0 aromatic heterocycles. The van der Waals surface area contributed by atoms with Gasteiger partial charge in [-0.2, -0.15) is 12.6 Å². The highest BCUT2D eigenvalue weighted by molar-refractivity contribution is 7.80. The molecular weight excluding hydrogens is 257 g/mol. The molecule has 0 saturated carbocycles. The predicted molar refractivity (Wildman–Crippen MR) is 59.3 cm³/mol. The highest BCUT2D eigenvalue weighted by Gasteiger charge is 2.27. The van der Waals surface area contributed by atoms with Gasteiger partial charge in [-0.15, -0.1) is 0 Å². The van der Waals surface area contributed by atoms with Crippen LogP contribution < -0.4 is 0 Å². The van der Waals surface area contributed by atoms with Crippen molar-refractivity contribution >= 4 is 32.1 Å². The topological polar surface area (TPSA) is 115 Å². The van der Waals surface area contributed by atoms with Gasteiger partial charge in [-0.25, -0.2) is 0 Å². The van der Waals surface area contributed by atoms with Gasteiger partial charge in [0.15, 0.2) is 0 Å². The summed E-state index contributed by atoms with van der Waals surface area (Å²) < 4.78 is 10.7. The molecule has 0 fully saturated rings. The third kappa shape index (κ3) is 6.12. The maximum atomic E-state index is 11.6. The van der Waals surface area contributed by atoms with Crippen LogP contribution in [0.15, 0.2) is 0 Å². The largest absolute Gasteiger partial charge is 0.480 e. The van der Waals surface area contributed by atoms with E-state index >= 15 is 0 Å². The highest BCUT2D eigenvalue weighted by atomic mass is 32.1. The quantitative estimate of drug-likeness (QED) is 0.386. The van der Waals surface area contributed by atoms with Crippen LogP contribution in [0.4, 0.5) is 0 Å². The molecule has 3 N–H and O–H groups in total. The molecule has 0 rings (SSSR count). The van der Waals surface area contributed by atoms with Gasteiger partial charge < -0.3 is 19.8 Å². The molecule has 0 radical (unpaired) electrons. The van der Waals surface area contributed by atoms with Gasteiger partial charge in [0, 0.05) is 11.7 Å². The van der Waals surface area contributed by atoms with Crippen molar-refractivity contribution < 1.29 is 29.0 Å². The molecule has 0 aromatic carbocycles. The second-order valence-electron chi connectivity index (χ2n) is 3.32. The molecule has 94 valence electrons. The molecule has 0 heterocycles. The van der Waals surface area contributed by atoms with Crippen molar-refractivity contribution in [2.45, 2.75) is 6.92 Å². The number of amides is 1. The highest BCUT2D eigenvalue weighted by Crippen LogP contribution is 2.35. The number of carboxylic acid groups (broad SMARTS) is 1. The van der Waals surface area contributed by atoms with Gasteiger partial charge in [-0.3, -0.25) is 14.2 Å². The van der Waals surface area contributed by atoms with Gasteiger partial charge in [0.25, 0.3) is 0 Å². The molecule has 0 aromatic rings. The summed E-state index contributed by atoms with van der Waals surface area (Å²) in [4.78, 5) is 40.1. The number of hydrogen-bond acceptors (Lipinski definition) is 4. The lowest BCUT2D eigenvalue weighted by Gasteiger charge is -2.23. The third-order valence-corrected chi connectivity index (χ3v) is 2.95. The molecule has 1 unspecified atom stereocenters. The molecule has 16 heavy (non-hydrogen) atoms. The van der Waals surface area contributed by atoms with Crippen LogP contribution in [-0.2, 0) is 14.2 Å². The molecule has 0 saturated heterocycles. The standard InChI is InChI=1S/C7H14NO6PS/c1-5(3-16)7(11)8(2-6(9)10)4-15(12,13)14/h5,16H,2-4H2,1H3,(H,9,10)(H2,12,13,14). The SMILES string of the molecule is CC(CS)C(=O)N(CC(=O)O)CP(=O)(O)O. The zero-order chi connectivity index (χ0) is 12.9. The first-order valence-electron chi connectivity index (χ1n) is 4.33. The lowest BCUT2D eigenvalue weighted by Crippen LogP contribution is -2.40. The summed E-state index contributed by atoms with van der Waals surface area (Å²) in [5.74, 6) is -2.38. The number of aliphatic carboxylic acids is 1. The van der Waals surface area contributed by atoms with Gasteiger partial charge >= 0.3 is 13.6 Å². The summed E-state index contributed by atoms with van der Waals surface area (Å²) in [5.41, 5.74) is 0. The molecule has 0 aliphatic heterocycles. The van der Waals surface area contributed by atoms with E-state index in [1.807, 2.05) is 0 Å². The van der Waals surface area contributed by atoms with Crippen molar-refractivity contribution in [3.63, 3.8) is 0 Å². The number of rotatable bonds is 6. The first-order chi connectivity index (χ1) is 7.17. The fraction of sp³-hybridized carbons (Fsp3) is 0.714.